The van der Waals surface area contributed by atoms with Crippen LogP contribution < -0.4 is 5.73 Å². The summed E-state index contributed by atoms with van der Waals surface area (Å²) >= 11 is 1.53. The second-order valence-corrected chi connectivity index (χ2v) is 6.48. The lowest BCUT2D eigenvalue weighted by molar-refractivity contribution is 0.0316. The summed E-state index contributed by atoms with van der Waals surface area (Å²) in [6.07, 6.45) is 0. The van der Waals surface area contributed by atoms with Crippen LogP contribution in [0.2, 0.25) is 0 Å². The molecule has 0 amide bonds. The summed E-state index contributed by atoms with van der Waals surface area (Å²) in [5.74, 6) is 0.307. The highest BCUT2D eigenvalue weighted by molar-refractivity contribution is 7.19. The quantitative estimate of drug-likeness (QED) is 0.756. The zero-order valence-electron chi connectivity index (χ0n) is 12.5. The highest BCUT2D eigenvalue weighted by Crippen LogP contribution is 2.33. The standard InChI is InChI=1S/C16H22FNO2S/c1-11(2)9-19-6-7-20-10-12-15(8-18)21-14-5-3-4-13(17)16(12)14/h3-5,11H,6-10,18H2,1-2H3. The molecule has 0 aliphatic heterocycles. The number of ether oxygens (including phenoxy) is 2. The van der Waals surface area contributed by atoms with Crippen molar-refractivity contribution >= 4 is 21.4 Å². The Labute approximate surface area is 128 Å². The summed E-state index contributed by atoms with van der Waals surface area (Å²) in [6, 6.07) is 5.11. The van der Waals surface area contributed by atoms with E-state index in [2.05, 4.69) is 13.8 Å². The van der Waals surface area contributed by atoms with E-state index >= 15 is 0 Å². The minimum absolute atomic E-state index is 0.210. The molecule has 0 saturated carbocycles. The first kappa shape index (κ1) is 16.4. The molecule has 0 radical (unpaired) electrons. The zero-order chi connectivity index (χ0) is 15.2. The molecule has 0 atom stereocenters. The van der Waals surface area contributed by atoms with Crippen molar-refractivity contribution in [3.05, 3.63) is 34.5 Å². The van der Waals surface area contributed by atoms with Crippen molar-refractivity contribution in [1.82, 2.24) is 0 Å². The van der Waals surface area contributed by atoms with Crippen molar-refractivity contribution in [2.24, 2.45) is 11.7 Å². The molecule has 0 aliphatic rings. The van der Waals surface area contributed by atoms with Gasteiger partial charge in [-0.15, -0.1) is 11.3 Å². The topological polar surface area (TPSA) is 44.5 Å². The van der Waals surface area contributed by atoms with Crippen molar-refractivity contribution in [1.29, 1.82) is 0 Å². The third kappa shape index (κ3) is 4.23. The molecule has 2 N–H and O–H groups in total. The van der Waals surface area contributed by atoms with E-state index in [1.54, 1.807) is 6.07 Å². The van der Waals surface area contributed by atoms with Crippen LogP contribution in [0, 0.1) is 11.7 Å². The lowest BCUT2D eigenvalue weighted by atomic mass is 10.1. The predicted molar refractivity (Wildman–Crippen MR) is 85.0 cm³/mol. The lowest BCUT2D eigenvalue weighted by Crippen LogP contribution is -2.09. The van der Waals surface area contributed by atoms with Gasteiger partial charge in [0, 0.05) is 33.7 Å². The Hall–Kier alpha value is -1.01. The summed E-state index contributed by atoms with van der Waals surface area (Å²) in [5, 5.41) is 0.644. The molecule has 2 aromatic rings. The molecule has 21 heavy (non-hydrogen) atoms. The van der Waals surface area contributed by atoms with Gasteiger partial charge >= 0.3 is 0 Å². The molecule has 5 heteroatoms. The van der Waals surface area contributed by atoms with Crippen LogP contribution in [0.15, 0.2) is 18.2 Å². The fourth-order valence-electron chi connectivity index (χ4n) is 2.14. The maximum Gasteiger partial charge on any atom is 0.132 e. The van der Waals surface area contributed by atoms with Gasteiger partial charge in [0.15, 0.2) is 0 Å². The first-order valence-electron chi connectivity index (χ1n) is 7.17. The van der Waals surface area contributed by atoms with Crippen LogP contribution in [0.25, 0.3) is 10.1 Å². The van der Waals surface area contributed by atoms with Gasteiger partial charge in [-0.3, -0.25) is 0 Å². The molecule has 0 fully saturated rings. The molecular weight excluding hydrogens is 289 g/mol. The molecule has 0 bridgehead atoms. The van der Waals surface area contributed by atoms with E-state index in [1.807, 2.05) is 6.07 Å². The van der Waals surface area contributed by atoms with Gasteiger partial charge in [0.1, 0.15) is 5.82 Å². The number of benzene rings is 1. The maximum absolute atomic E-state index is 14.0. The van der Waals surface area contributed by atoms with Crippen molar-refractivity contribution in [2.45, 2.75) is 27.0 Å². The van der Waals surface area contributed by atoms with E-state index in [4.69, 9.17) is 15.2 Å². The van der Waals surface area contributed by atoms with Crippen LogP contribution in [-0.4, -0.2) is 19.8 Å². The van der Waals surface area contributed by atoms with Crippen molar-refractivity contribution in [3.8, 4) is 0 Å². The largest absolute Gasteiger partial charge is 0.379 e. The van der Waals surface area contributed by atoms with Gasteiger partial charge in [-0.05, 0) is 18.1 Å². The number of nitrogens with two attached hydrogens (primary N) is 1. The maximum atomic E-state index is 14.0. The highest BCUT2D eigenvalue weighted by Gasteiger charge is 2.14. The Bertz CT molecular complexity index is 583. The second-order valence-electron chi connectivity index (χ2n) is 5.34. The molecular formula is C16H22FNO2S. The molecule has 0 aliphatic carbocycles. The van der Waals surface area contributed by atoms with E-state index < -0.39 is 0 Å². The van der Waals surface area contributed by atoms with Gasteiger partial charge in [-0.25, -0.2) is 4.39 Å². The third-order valence-corrected chi connectivity index (χ3v) is 4.32. The lowest BCUT2D eigenvalue weighted by Gasteiger charge is -2.08. The Morgan fingerprint density at radius 1 is 1.24 bits per heavy atom. The number of halogens is 1. The summed E-state index contributed by atoms with van der Waals surface area (Å²) in [7, 11) is 0. The normalized spacial score (nSPS) is 11.7. The molecule has 1 heterocycles. The van der Waals surface area contributed by atoms with E-state index in [0.717, 1.165) is 21.7 Å². The van der Waals surface area contributed by atoms with E-state index in [0.29, 0.717) is 37.7 Å². The van der Waals surface area contributed by atoms with E-state index in [1.165, 1.54) is 17.4 Å². The molecule has 2 rings (SSSR count). The molecule has 0 unspecified atom stereocenters. The van der Waals surface area contributed by atoms with Gasteiger partial charge in [0.2, 0.25) is 0 Å². The third-order valence-electron chi connectivity index (χ3n) is 3.10. The average molecular weight is 311 g/mol. The van der Waals surface area contributed by atoms with Gasteiger partial charge in [0.25, 0.3) is 0 Å². The number of fused-ring (bicyclic) bond motifs is 1. The fourth-order valence-corrected chi connectivity index (χ4v) is 3.25. The van der Waals surface area contributed by atoms with Crippen LogP contribution in [0.5, 0.6) is 0 Å². The first-order chi connectivity index (χ1) is 10.1. The highest BCUT2D eigenvalue weighted by atomic mass is 32.1. The Morgan fingerprint density at radius 2 is 2.00 bits per heavy atom. The first-order valence-corrected chi connectivity index (χ1v) is 7.99. The van der Waals surface area contributed by atoms with Gasteiger partial charge < -0.3 is 15.2 Å². The van der Waals surface area contributed by atoms with Gasteiger partial charge in [-0.2, -0.15) is 0 Å². The van der Waals surface area contributed by atoms with Gasteiger partial charge in [-0.1, -0.05) is 19.9 Å². The van der Waals surface area contributed by atoms with E-state index in [9.17, 15) is 4.39 Å². The monoisotopic (exact) mass is 311 g/mol. The minimum Gasteiger partial charge on any atom is -0.379 e. The van der Waals surface area contributed by atoms with Crippen molar-refractivity contribution in [2.75, 3.05) is 19.8 Å². The smallest absolute Gasteiger partial charge is 0.132 e. The molecule has 1 aromatic carbocycles. The minimum atomic E-state index is -0.210. The van der Waals surface area contributed by atoms with E-state index in [-0.39, 0.29) is 5.82 Å². The Morgan fingerprint density at radius 3 is 2.71 bits per heavy atom. The molecule has 0 spiro atoms. The average Bonchev–Trinajstić information content (AvgIpc) is 2.81. The van der Waals surface area contributed by atoms with Crippen LogP contribution in [0.4, 0.5) is 4.39 Å². The van der Waals surface area contributed by atoms with Crippen molar-refractivity contribution < 1.29 is 13.9 Å². The Kier molecular flexibility index (Phi) is 6.11. The SMILES string of the molecule is CC(C)COCCOCc1c(CN)sc2cccc(F)c12. The van der Waals surface area contributed by atoms with Gasteiger partial charge in [0.05, 0.1) is 19.8 Å². The summed E-state index contributed by atoms with van der Waals surface area (Å²) in [5.41, 5.74) is 6.63. The summed E-state index contributed by atoms with van der Waals surface area (Å²) < 4.78 is 26.0. The van der Waals surface area contributed by atoms with Crippen LogP contribution in [0.1, 0.15) is 24.3 Å². The van der Waals surface area contributed by atoms with Crippen molar-refractivity contribution in [3.63, 3.8) is 0 Å². The number of thiophene rings is 1. The molecule has 1 aromatic heterocycles. The van der Waals surface area contributed by atoms with Crippen LogP contribution in [-0.2, 0) is 22.6 Å². The summed E-state index contributed by atoms with van der Waals surface area (Å²) in [6.45, 7) is 6.78. The number of rotatable bonds is 8. The molecule has 3 nitrogen and oxygen atoms in total. The second kappa shape index (κ2) is 7.84. The fraction of sp³-hybridized carbons (Fsp3) is 0.500. The number of hydrogen-bond donors (Lipinski definition) is 1. The molecule has 116 valence electrons. The molecule has 0 saturated heterocycles. The zero-order valence-corrected chi connectivity index (χ0v) is 13.3. The predicted octanol–water partition coefficient (Wildman–Crippen LogP) is 3.69. The Balaban J connectivity index is 1.98. The number of hydrogen-bond acceptors (Lipinski definition) is 4. The summed E-state index contributed by atoms with van der Waals surface area (Å²) in [4.78, 5) is 0.984. The van der Waals surface area contributed by atoms with Crippen LogP contribution in [0.3, 0.4) is 0 Å². The van der Waals surface area contributed by atoms with Crippen LogP contribution >= 0.6 is 11.3 Å².